The number of hydrogen-bond acceptors (Lipinski definition) is 7. The first-order valence-corrected chi connectivity index (χ1v) is 12.7. The second kappa shape index (κ2) is 9.74. The number of alkyl halides is 3. The Hall–Kier alpha value is -1.93. The lowest BCUT2D eigenvalue weighted by molar-refractivity contribution is -0.135. The number of halogens is 4. The Bertz CT molecular complexity index is 1210. The van der Waals surface area contributed by atoms with Gasteiger partial charge in [0.25, 0.3) is 10.0 Å². The molecule has 1 aliphatic rings. The molecule has 0 aliphatic carbocycles. The molecule has 0 radical (unpaired) electrons. The first kappa shape index (κ1) is 24.2. The number of anilines is 1. The lowest BCUT2D eigenvalue weighted by Gasteiger charge is -2.24. The normalized spacial score (nSPS) is 15.4. The predicted octanol–water partition coefficient (Wildman–Crippen LogP) is 4.60. The highest BCUT2D eigenvalue weighted by Crippen LogP contribution is 2.43. The zero-order valence-electron chi connectivity index (χ0n) is 17.1. The van der Waals surface area contributed by atoms with Gasteiger partial charge in [0.05, 0.1) is 9.92 Å². The number of fused-ring (bicyclic) bond motifs is 1. The maximum Gasteiger partial charge on any atom is 0.389 e. The van der Waals surface area contributed by atoms with Gasteiger partial charge in [-0.25, -0.2) is 19.3 Å². The number of sulfonamides is 1. The van der Waals surface area contributed by atoms with Crippen LogP contribution in [0, 0.1) is 0 Å². The summed E-state index contributed by atoms with van der Waals surface area (Å²) in [4.78, 5) is 0.0227. The van der Waals surface area contributed by atoms with Crippen molar-refractivity contribution in [1.29, 1.82) is 0 Å². The van der Waals surface area contributed by atoms with Crippen molar-refractivity contribution in [2.75, 3.05) is 10.8 Å². The molecule has 4 rings (SSSR count). The minimum atomic E-state index is -4.29. The summed E-state index contributed by atoms with van der Waals surface area (Å²) in [6.45, 7) is -0.119. The Morgan fingerprint density at radius 3 is 2.30 bits per heavy atom. The Labute approximate surface area is 197 Å². The SMILES string of the molecule is O=S(=O)(c1ccc(C2NNNN2)cc1)N(CCCCC(F)(F)F)c1sc2ccccc2c1Cl. The molecule has 13 heteroatoms. The van der Waals surface area contributed by atoms with E-state index >= 15 is 0 Å². The van der Waals surface area contributed by atoms with E-state index in [9.17, 15) is 21.6 Å². The molecule has 0 saturated carbocycles. The molecule has 0 spiro atoms. The molecule has 0 unspecified atom stereocenters. The van der Waals surface area contributed by atoms with Crippen molar-refractivity contribution in [2.24, 2.45) is 0 Å². The maximum absolute atomic E-state index is 13.6. The van der Waals surface area contributed by atoms with E-state index < -0.39 is 22.6 Å². The summed E-state index contributed by atoms with van der Waals surface area (Å²) in [5, 5.41) is 1.26. The highest BCUT2D eigenvalue weighted by molar-refractivity contribution is 7.93. The number of hydrogen-bond donors (Lipinski definition) is 4. The minimum absolute atomic E-state index is 0.0227. The molecular formula is C20H21ClF3N5O2S2. The van der Waals surface area contributed by atoms with E-state index in [0.717, 1.165) is 14.6 Å². The lowest BCUT2D eigenvalue weighted by atomic mass is 10.2. The zero-order valence-corrected chi connectivity index (χ0v) is 19.5. The fourth-order valence-electron chi connectivity index (χ4n) is 3.45. The molecule has 3 aromatic rings. The number of hydrazine groups is 3. The average molecular weight is 520 g/mol. The summed E-state index contributed by atoms with van der Waals surface area (Å²) in [5.41, 5.74) is 12.0. The molecule has 178 valence electrons. The Morgan fingerprint density at radius 1 is 1.00 bits per heavy atom. The summed E-state index contributed by atoms with van der Waals surface area (Å²) < 4.78 is 66.9. The number of benzene rings is 2. The topological polar surface area (TPSA) is 85.5 Å². The first-order chi connectivity index (χ1) is 15.7. The van der Waals surface area contributed by atoms with Crippen molar-refractivity contribution in [2.45, 2.75) is 36.5 Å². The van der Waals surface area contributed by atoms with Crippen LogP contribution in [0.15, 0.2) is 53.4 Å². The molecule has 2 aromatic carbocycles. The van der Waals surface area contributed by atoms with Gasteiger partial charge in [0.2, 0.25) is 0 Å². The average Bonchev–Trinajstić information content (AvgIpc) is 3.42. The van der Waals surface area contributed by atoms with Gasteiger partial charge in [-0.05, 0) is 36.6 Å². The van der Waals surface area contributed by atoms with E-state index in [0.29, 0.717) is 10.4 Å². The summed E-state index contributed by atoms with van der Waals surface area (Å²) >= 11 is 7.73. The smallest absolute Gasteiger partial charge is 0.256 e. The summed E-state index contributed by atoms with van der Waals surface area (Å²) in [5.74, 6) is 0. The highest BCUT2D eigenvalue weighted by Gasteiger charge is 2.31. The zero-order chi connectivity index (χ0) is 23.6. The molecule has 2 heterocycles. The summed E-state index contributed by atoms with van der Waals surface area (Å²) in [7, 11) is -4.07. The molecule has 1 fully saturated rings. The third kappa shape index (κ3) is 5.43. The van der Waals surface area contributed by atoms with E-state index in [4.69, 9.17) is 11.6 Å². The van der Waals surface area contributed by atoms with Gasteiger partial charge < -0.3 is 0 Å². The van der Waals surface area contributed by atoms with Crippen LogP contribution in [-0.4, -0.2) is 21.1 Å². The van der Waals surface area contributed by atoms with Crippen LogP contribution < -0.4 is 26.2 Å². The summed E-state index contributed by atoms with van der Waals surface area (Å²) in [6.07, 6.45) is -5.68. The third-order valence-corrected chi connectivity index (χ3v) is 8.73. The van der Waals surface area contributed by atoms with E-state index in [2.05, 4.69) is 21.9 Å². The van der Waals surface area contributed by atoms with Crippen LogP contribution in [0.5, 0.6) is 0 Å². The lowest BCUT2D eigenvalue weighted by Crippen LogP contribution is -2.33. The molecule has 0 amide bonds. The second-order valence-electron chi connectivity index (χ2n) is 7.41. The van der Waals surface area contributed by atoms with Gasteiger partial charge in [-0.15, -0.1) is 11.3 Å². The van der Waals surface area contributed by atoms with Crippen molar-refractivity contribution < 1.29 is 21.6 Å². The van der Waals surface area contributed by atoms with Crippen molar-refractivity contribution >= 4 is 48.0 Å². The summed E-state index contributed by atoms with van der Waals surface area (Å²) in [6, 6.07) is 13.5. The van der Waals surface area contributed by atoms with Gasteiger partial charge in [-0.1, -0.05) is 41.9 Å². The van der Waals surface area contributed by atoms with Crippen LogP contribution in [0.2, 0.25) is 5.02 Å². The Morgan fingerprint density at radius 2 is 1.67 bits per heavy atom. The number of nitrogens with one attached hydrogen (secondary N) is 4. The van der Waals surface area contributed by atoms with E-state index in [1.165, 1.54) is 23.5 Å². The van der Waals surface area contributed by atoms with Gasteiger partial charge in [0, 0.05) is 23.1 Å². The van der Waals surface area contributed by atoms with Gasteiger partial charge in [-0.3, -0.25) is 4.31 Å². The van der Waals surface area contributed by atoms with Crippen molar-refractivity contribution in [3.05, 3.63) is 59.1 Å². The Kier molecular flexibility index (Phi) is 7.15. The first-order valence-electron chi connectivity index (χ1n) is 10.0. The molecule has 4 N–H and O–H groups in total. The number of thiophene rings is 1. The number of nitrogens with zero attached hydrogens (tertiary/aromatic N) is 1. The Balaban J connectivity index is 1.65. The fraction of sp³-hybridized carbons (Fsp3) is 0.300. The molecule has 1 aliphatic heterocycles. The van der Waals surface area contributed by atoms with Crippen molar-refractivity contribution in [1.82, 2.24) is 21.9 Å². The molecule has 1 saturated heterocycles. The number of rotatable bonds is 8. The molecule has 33 heavy (non-hydrogen) atoms. The molecule has 7 nitrogen and oxygen atoms in total. The van der Waals surface area contributed by atoms with Crippen molar-refractivity contribution in [3.63, 3.8) is 0 Å². The monoisotopic (exact) mass is 519 g/mol. The molecule has 0 bridgehead atoms. The van der Waals surface area contributed by atoms with Crippen LogP contribution in [0.4, 0.5) is 18.2 Å². The maximum atomic E-state index is 13.6. The third-order valence-electron chi connectivity index (χ3n) is 5.11. The standard InChI is InChI=1S/C20H21ClF3N5O2S2/c21-17-15-5-1-2-6-16(15)32-19(17)29(12-4-3-11-20(22,23)24)33(30,31)14-9-7-13(8-10-14)18-25-27-28-26-18/h1-2,5-10,18,25-28H,3-4,11-12H2. The van der Waals surface area contributed by atoms with E-state index in [1.807, 2.05) is 12.1 Å². The van der Waals surface area contributed by atoms with E-state index in [1.54, 1.807) is 24.3 Å². The van der Waals surface area contributed by atoms with Crippen LogP contribution >= 0.6 is 22.9 Å². The molecule has 1 aromatic heterocycles. The van der Waals surface area contributed by atoms with Crippen LogP contribution in [0.3, 0.4) is 0 Å². The quantitative estimate of drug-likeness (QED) is 0.326. The van der Waals surface area contributed by atoms with Gasteiger partial charge in [0.1, 0.15) is 11.2 Å². The molecular weight excluding hydrogens is 499 g/mol. The van der Waals surface area contributed by atoms with Crippen molar-refractivity contribution in [3.8, 4) is 0 Å². The predicted molar refractivity (Wildman–Crippen MR) is 123 cm³/mol. The van der Waals surface area contributed by atoms with Crippen LogP contribution in [-0.2, 0) is 10.0 Å². The van der Waals surface area contributed by atoms with Crippen LogP contribution in [0.25, 0.3) is 10.1 Å². The second-order valence-corrected chi connectivity index (χ2v) is 10.7. The largest absolute Gasteiger partial charge is 0.389 e. The molecule has 0 atom stereocenters. The number of unbranched alkanes of at least 4 members (excludes halogenated alkanes) is 1. The van der Waals surface area contributed by atoms with Gasteiger partial charge >= 0.3 is 6.18 Å². The van der Waals surface area contributed by atoms with Gasteiger partial charge in [-0.2, -0.15) is 24.2 Å². The van der Waals surface area contributed by atoms with Gasteiger partial charge in [0.15, 0.2) is 0 Å². The van der Waals surface area contributed by atoms with E-state index in [-0.39, 0.29) is 35.5 Å². The van der Waals surface area contributed by atoms with Crippen LogP contribution in [0.1, 0.15) is 31.0 Å². The minimum Gasteiger partial charge on any atom is -0.256 e. The highest BCUT2D eigenvalue weighted by atomic mass is 35.5. The fourth-order valence-corrected chi connectivity index (χ4v) is 6.79.